The molecule has 1 saturated heterocycles. The Morgan fingerprint density at radius 2 is 2.55 bits per heavy atom. The molecule has 0 saturated carbocycles. The first-order valence-electron chi connectivity index (χ1n) is 4.00. The van der Waals surface area contributed by atoms with E-state index in [1.54, 1.807) is 11.8 Å². The van der Waals surface area contributed by atoms with Crippen LogP contribution in [0.25, 0.3) is 0 Å². The molecule has 1 unspecified atom stereocenters. The molecule has 62 valence electrons. The van der Waals surface area contributed by atoms with E-state index in [4.69, 9.17) is 5.26 Å². The quantitative estimate of drug-likeness (QED) is 0.625. The molecule has 2 nitrogen and oxygen atoms in total. The molecule has 1 rings (SSSR count). The molecule has 1 heterocycles. The van der Waals surface area contributed by atoms with Gasteiger partial charge in [0.05, 0.1) is 11.8 Å². The molecule has 0 aromatic carbocycles. The van der Waals surface area contributed by atoms with E-state index in [0.717, 1.165) is 6.54 Å². The Balaban J connectivity index is 2.18. The summed E-state index contributed by atoms with van der Waals surface area (Å²) in [5.74, 6) is 0.651. The van der Waals surface area contributed by atoms with Crippen LogP contribution in [0.4, 0.5) is 0 Å². The number of nitrogens with zero attached hydrogens (tertiary/aromatic N) is 2. The van der Waals surface area contributed by atoms with Crippen molar-refractivity contribution in [2.24, 2.45) is 0 Å². The fourth-order valence-electron chi connectivity index (χ4n) is 1.41. The van der Waals surface area contributed by atoms with Crippen molar-refractivity contribution in [2.75, 3.05) is 25.9 Å². The second-order valence-electron chi connectivity index (χ2n) is 3.00. The minimum absolute atomic E-state index is 0.651. The van der Waals surface area contributed by atoms with Crippen LogP contribution in [0, 0.1) is 11.3 Å². The molecule has 0 aromatic heterocycles. The lowest BCUT2D eigenvalue weighted by Gasteiger charge is -2.28. The standard InChI is InChI=1S/C8H14N2S/c1-10-5-2-3-8(7-10)11-6-4-9/h8H,2-3,5-7H2,1H3. The smallest absolute Gasteiger partial charge is 0.0811 e. The number of nitriles is 1. The Morgan fingerprint density at radius 3 is 3.18 bits per heavy atom. The van der Waals surface area contributed by atoms with Gasteiger partial charge in [-0.1, -0.05) is 0 Å². The molecule has 1 atom stereocenters. The highest BCUT2D eigenvalue weighted by molar-refractivity contribution is 8.00. The molecule has 1 aliphatic rings. The van der Waals surface area contributed by atoms with Crippen molar-refractivity contribution in [3.8, 4) is 6.07 Å². The number of hydrogen-bond donors (Lipinski definition) is 0. The Bertz CT molecular complexity index is 153. The van der Waals surface area contributed by atoms with Crippen LogP contribution in [-0.2, 0) is 0 Å². The van der Waals surface area contributed by atoms with Gasteiger partial charge in [-0.3, -0.25) is 0 Å². The van der Waals surface area contributed by atoms with Gasteiger partial charge in [0.25, 0.3) is 0 Å². The van der Waals surface area contributed by atoms with Crippen molar-refractivity contribution in [3.63, 3.8) is 0 Å². The van der Waals surface area contributed by atoms with Crippen molar-refractivity contribution in [1.29, 1.82) is 5.26 Å². The predicted octanol–water partition coefficient (Wildman–Crippen LogP) is 1.34. The van der Waals surface area contributed by atoms with Gasteiger partial charge in [-0.2, -0.15) is 5.26 Å². The van der Waals surface area contributed by atoms with Gasteiger partial charge in [0.2, 0.25) is 0 Å². The van der Waals surface area contributed by atoms with Crippen molar-refractivity contribution in [2.45, 2.75) is 18.1 Å². The summed E-state index contributed by atoms with van der Waals surface area (Å²) in [5, 5.41) is 9.08. The van der Waals surface area contributed by atoms with Crippen LogP contribution in [0.1, 0.15) is 12.8 Å². The van der Waals surface area contributed by atoms with Gasteiger partial charge in [-0.15, -0.1) is 11.8 Å². The molecule has 0 bridgehead atoms. The molecular weight excluding hydrogens is 156 g/mol. The predicted molar refractivity (Wildman–Crippen MR) is 48.6 cm³/mol. The van der Waals surface area contributed by atoms with E-state index < -0.39 is 0 Å². The summed E-state index contributed by atoms with van der Waals surface area (Å²) in [6.07, 6.45) is 2.58. The third-order valence-electron chi connectivity index (χ3n) is 1.96. The van der Waals surface area contributed by atoms with Crippen molar-refractivity contribution in [3.05, 3.63) is 0 Å². The van der Waals surface area contributed by atoms with E-state index in [0.29, 0.717) is 11.0 Å². The molecular formula is C8H14N2S. The molecule has 11 heavy (non-hydrogen) atoms. The maximum atomic E-state index is 8.38. The monoisotopic (exact) mass is 170 g/mol. The first-order valence-corrected chi connectivity index (χ1v) is 5.05. The van der Waals surface area contributed by atoms with Gasteiger partial charge in [0.1, 0.15) is 0 Å². The maximum absolute atomic E-state index is 8.38. The summed E-state index contributed by atoms with van der Waals surface area (Å²) in [7, 11) is 2.15. The van der Waals surface area contributed by atoms with Crippen molar-refractivity contribution in [1.82, 2.24) is 4.90 Å². The Labute approximate surface area is 72.6 Å². The molecule has 0 spiro atoms. The third kappa shape index (κ3) is 3.13. The first kappa shape index (κ1) is 8.89. The highest BCUT2D eigenvalue weighted by Crippen LogP contribution is 2.20. The van der Waals surface area contributed by atoms with E-state index in [-0.39, 0.29) is 0 Å². The zero-order chi connectivity index (χ0) is 8.10. The fraction of sp³-hybridized carbons (Fsp3) is 0.875. The summed E-state index contributed by atoms with van der Waals surface area (Å²) in [4.78, 5) is 2.35. The molecule has 0 radical (unpaired) electrons. The lowest BCUT2D eigenvalue weighted by atomic mass is 10.1. The van der Waals surface area contributed by atoms with E-state index in [2.05, 4.69) is 18.0 Å². The lowest BCUT2D eigenvalue weighted by molar-refractivity contribution is 0.283. The summed E-state index contributed by atoms with van der Waals surface area (Å²) >= 11 is 1.80. The van der Waals surface area contributed by atoms with Gasteiger partial charge in [-0.25, -0.2) is 0 Å². The van der Waals surface area contributed by atoms with Crippen LogP contribution in [0.3, 0.4) is 0 Å². The molecule has 1 fully saturated rings. The lowest BCUT2D eigenvalue weighted by Crippen LogP contribution is -2.33. The zero-order valence-electron chi connectivity index (χ0n) is 6.92. The van der Waals surface area contributed by atoms with Crippen LogP contribution < -0.4 is 0 Å². The number of likely N-dealkylation sites (tertiary alicyclic amines) is 1. The first-order chi connectivity index (χ1) is 5.33. The number of hydrogen-bond acceptors (Lipinski definition) is 3. The minimum Gasteiger partial charge on any atom is -0.305 e. The SMILES string of the molecule is CN1CCCC(SCC#N)C1. The number of piperidine rings is 1. The van der Waals surface area contributed by atoms with E-state index in [1.165, 1.54) is 19.4 Å². The van der Waals surface area contributed by atoms with Crippen LogP contribution in [0.5, 0.6) is 0 Å². The Morgan fingerprint density at radius 1 is 1.73 bits per heavy atom. The molecule has 0 aliphatic carbocycles. The van der Waals surface area contributed by atoms with E-state index >= 15 is 0 Å². The third-order valence-corrected chi connectivity index (χ3v) is 3.12. The fourth-order valence-corrected chi connectivity index (χ4v) is 2.41. The average molecular weight is 170 g/mol. The molecule has 1 aliphatic heterocycles. The molecule has 0 aromatic rings. The summed E-state index contributed by atoms with van der Waals surface area (Å²) < 4.78 is 0. The Kier molecular flexibility index (Phi) is 3.74. The topological polar surface area (TPSA) is 27.0 Å². The van der Waals surface area contributed by atoms with Crippen LogP contribution in [0.2, 0.25) is 0 Å². The average Bonchev–Trinajstić information content (AvgIpc) is 2.01. The second-order valence-corrected chi connectivity index (χ2v) is 4.28. The molecule has 0 amide bonds. The summed E-state index contributed by atoms with van der Waals surface area (Å²) in [6.45, 7) is 2.38. The van der Waals surface area contributed by atoms with Gasteiger partial charge >= 0.3 is 0 Å². The van der Waals surface area contributed by atoms with Gasteiger partial charge in [0, 0.05) is 11.8 Å². The zero-order valence-corrected chi connectivity index (χ0v) is 7.73. The van der Waals surface area contributed by atoms with E-state index in [9.17, 15) is 0 Å². The van der Waals surface area contributed by atoms with Gasteiger partial charge in [-0.05, 0) is 26.4 Å². The number of thioether (sulfide) groups is 1. The van der Waals surface area contributed by atoms with Crippen LogP contribution in [-0.4, -0.2) is 36.0 Å². The van der Waals surface area contributed by atoms with Gasteiger partial charge < -0.3 is 4.90 Å². The second kappa shape index (κ2) is 4.63. The normalized spacial score (nSPS) is 26.4. The van der Waals surface area contributed by atoms with Crippen molar-refractivity contribution >= 4 is 11.8 Å². The summed E-state index contributed by atoms with van der Waals surface area (Å²) in [6, 6.07) is 2.17. The summed E-state index contributed by atoms with van der Waals surface area (Å²) in [5.41, 5.74) is 0. The maximum Gasteiger partial charge on any atom is 0.0811 e. The molecule has 3 heteroatoms. The Hall–Kier alpha value is -0.200. The highest BCUT2D eigenvalue weighted by Gasteiger charge is 2.16. The van der Waals surface area contributed by atoms with Crippen LogP contribution in [0.15, 0.2) is 0 Å². The number of rotatable bonds is 2. The van der Waals surface area contributed by atoms with Crippen molar-refractivity contribution < 1.29 is 0 Å². The van der Waals surface area contributed by atoms with Crippen LogP contribution >= 0.6 is 11.8 Å². The molecule has 0 N–H and O–H groups in total. The largest absolute Gasteiger partial charge is 0.305 e. The van der Waals surface area contributed by atoms with Gasteiger partial charge in [0.15, 0.2) is 0 Å². The highest BCUT2D eigenvalue weighted by atomic mass is 32.2. The van der Waals surface area contributed by atoms with E-state index in [1.807, 2.05) is 0 Å². The minimum atomic E-state index is 0.651.